The van der Waals surface area contributed by atoms with E-state index in [1.807, 2.05) is 56.0 Å². The molecule has 0 bridgehead atoms. The Morgan fingerprint density at radius 2 is 1.73 bits per heavy atom. The zero-order valence-corrected chi connectivity index (χ0v) is 19.3. The van der Waals surface area contributed by atoms with Crippen molar-refractivity contribution in [2.45, 2.75) is 33.7 Å². The van der Waals surface area contributed by atoms with E-state index < -0.39 is 0 Å². The summed E-state index contributed by atoms with van der Waals surface area (Å²) in [5, 5.41) is 0. The fourth-order valence-electron chi connectivity index (χ4n) is 3.36. The minimum Gasteiger partial charge on any atom is -0.490 e. The molecule has 0 N–H and O–H groups in total. The summed E-state index contributed by atoms with van der Waals surface area (Å²) in [5.74, 6) is 2.81. The third-order valence-corrected chi connectivity index (χ3v) is 5.54. The largest absolute Gasteiger partial charge is 0.490 e. The van der Waals surface area contributed by atoms with E-state index in [1.54, 1.807) is 0 Å². The number of benzene rings is 2. The van der Waals surface area contributed by atoms with Gasteiger partial charge in [0.25, 0.3) is 0 Å². The summed E-state index contributed by atoms with van der Waals surface area (Å²) in [6.07, 6.45) is 0.257. The molecule has 0 spiro atoms. The molecule has 1 aliphatic heterocycles. The van der Waals surface area contributed by atoms with Gasteiger partial charge in [0.15, 0.2) is 23.0 Å². The first-order chi connectivity index (χ1) is 14.6. The average molecular weight is 478 g/mol. The highest BCUT2D eigenvalue weighted by atomic mass is 79.9. The van der Waals surface area contributed by atoms with Crippen molar-refractivity contribution in [2.75, 3.05) is 33.0 Å². The van der Waals surface area contributed by atoms with E-state index in [-0.39, 0.29) is 12.3 Å². The molecule has 162 valence electrons. The number of carbonyl (C=O) groups excluding carboxylic acids is 1. The van der Waals surface area contributed by atoms with Gasteiger partial charge in [0, 0.05) is 23.1 Å². The van der Waals surface area contributed by atoms with Gasteiger partial charge < -0.3 is 23.8 Å². The minimum atomic E-state index is 0.0270. The maximum absolute atomic E-state index is 13.1. The summed E-state index contributed by atoms with van der Waals surface area (Å²) >= 11 is 3.58. The Balaban J connectivity index is 1.78. The molecule has 2 aromatic carbocycles. The van der Waals surface area contributed by atoms with Crippen molar-refractivity contribution < 1.29 is 23.7 Å². The predicted molar refractivity (Wildman–Crippen MR) is 119 cm³/mol. The number of likely N-dealkylation sites (N-methyl/N-ethyl adjacent to an activating group) is 1. The number of ether oxygens (including phenoxy) is 4. The van der Waals surface area contributed by atoms with E-state index in [0.717, 1.165) is 27.1 Å². The topological polar surface area (TPSA) is 57.2 Å². The van der Waals surface area contributed by atoms with Crippen molar-refractivity contribution in [1.82, 2.24) is 4.90 Å². The molecule has 0 aliphatic carbocycles. The fourth-order valence-corrected chi connectivity index (χ4v) is 3.83. The molecule has 7 heteroatoms. The van der Waals surface area contributed by atoms with Crippen LogP contribution in [0.25, 0.3) is 0 Å². The lowest BCUT2D eigenvalue weighted by atomic mass is 10.1. The van der Waals surface area contributed by atoms with E-state index in [4.69, 9.17) is 18.9 Å². The highest BCUT2D eigenvalue weighted by Gasteiger charge is 2.21. The maximum Gasteiger partial charge on any atom is 0.227 e. The molecule has 0 unspecified atom stereocenters. The van der Waals surface area contributed by atoms with Crippen LogP contribution in [0, 0.1) is 0 Å². The van der Waals surface area contributed by atoms with E-state index in [0.29, 0.717) is 51.0 Å². The molecule has 0 fully saturated rings. The summed E-state index contributed by atoms with van der Waals surface area (Å²) in [6.45, 7) is 9.02. The Hall–Kier alpha value is -2.41. The SMILES string of the molecule is CCOc1cc(Br)c(CC(=O)N(CC)Cc2cccc3c2OCCO3)cc1OCC. The summed E-state index contributed by atoms with van der Waals surface area (Å²) < 4.78 is 23.6. The second kappa shape index (κ2) is 10.6. The Labute approximate surface area is 186 Å². The number of carbonyl (C=O) groups is 1. The third-order valence-electron chi connectivity index (χ3n) is 4.80. The molecule has 3 rings (SSSR count). The lowest BCUT2D eigenvalue weighted by Gasteiger charge is -2.25. The zero-order chi connectivity index (χ0) is 21.5. The lowest BCUT2D eigenvalue weighted by molar-refractivity contribution is -0.130. The van der Waals surface area contributed by atoms with Gasteiger partial charge in [-0.25, -0.2) is 0 Å². The highest BCUT2D eigenvalue weighted by Crippen LogP contribution is 2.36. The van der Waals surface area contributed by atoms with Crippen LogP contribution in [0.1, 0.15) is 31.9 Å². The molecule has 2 aromatic rings. The number of rotatable bonds is 9. The molecule has 1 amide bonds. The van der Waals surface area contributed by atoms with Crippen LogP contribution in [-0.2, 0) is 17.8 Å². The summed E-state index contributed by atoms with van der Waals surface area (Å²) in [5.41, 5.74) is 1.81. The van der Waals surface area contributed by atoms with Gasteiger partial charge in [-0.2, -0.15) is 0 Å². The Morgan fingerprint density at radius 3 is 2.43 bits per heavy atom. The van der Waals surface area contributed by atoms with Crippen LogP contribution in [0.3, 0.4) is 0 Å². The van der Waals surface area contributed by atoms with Gasteiger partial charge in [0.1, 0.15) is 13.2 Å². The lowest BCUT2D eigenvalue weighted by Crippen LogP contribution is -2.32. The van der Waals surface area contributed by atoms with Crippen molar-refractivity contribution in [3.8, 4) is 23.0 Å². The van der Waals surface area contributed by atoms with Gasteiger partial charge in [-0.3, -0.25) is 4.79 Å². The molecule has 1 heterocycles. The number of hydrogen-bond acceptors (Lipinski definition) is 5. The first kappa shape index (κ1) is 22.3. The Bertz CT molecular complexity index is 886. The number of nitrogens with zero attached hydrogens (tertiary/aromatic N) is 1. The molecule has 6 nitrogen and oxygen atoms in total. The smallest absolute Gasteiger partial charge is 0.227 e. The van der Waals surface area contributed by atoms with E-state index in [9.17, 15) is 4.79 Å². The van der Waals surface area contributed by atoms with Gasteiger partial charge in [-0.05, 0) is 44.5 Å². The molecular weight excluding hydrogens is 450 g/mol. The van der Waals surface area contributed by atoms with Crippen molar-refractivity contribution in [2.24, 2.45) is 0 Å². The van der Waals surface area contributed by atoms with Gasteiger partial charge in [-0.1, -0.05) is 28.1 Å². The van der Waals surface area contributed by atoms with E-state index in [1.165, 1.54) is 0 Å². The van der Waals surface area contributed by atoms with Gasteiger partial charge in [0.2, 0.25) is 5.91 Å². The van der Waals surface area contributed by atoms with Crippen LogP contribution in [0.4, 0.5) is 0 Å². The molecule has 0 radical (unpaired) electrons. The standard InChI is InChI=1S/C23H28BrNO5/c1-4-25(15-16-8-7-9-19-23(16)30-11-10-29-19)22(26)13-17-12-20(27-5-2)21(28-6-3)14-18(17)24/h7-9,12,14H,4-6,10-11,13,15H2,1-3H3. The average Bonchev–Trinajstić information content (AvgIpc) is 2.75. The number of fused-ring (bicyclic) bond motifs is 1. The Morgan fingerprint density at radius 1 is 1.03 bits per heavy atom. The second-order valence-electron chi connectivity index (χ2n) is 6.78. The number of amides is 1. The third kappa shape index (κ3) is 5.19. The van der Waals surface area contributed by atoms with Crippen molar-refractivity contribution in [1.29, 1.82) is 0 Å². The first-order valence-electron chi connectivity index (χ1n) is 10.3. The van der Waals surface area contributed by atoms with Crippen molar-refractivity contribution in [3.63, 3.8) is 0 Å². The monoisotopic (exact) mass is 477 g/mol. The van der Waals surface area contributed by atoms with Gasteiger partial charge >= 0.3 is 0 Å². The maximum atomic E-state index is 13.1. The zero-order valence-electron chi connectivity index (χ0n) is 17.7. The van der Waals surface area contributed by atoms with Crippen LogP contribution >= 0.6 is 15.9 Å². The van der Waals surface area contributed by atoms with Crippen molar-refractivity contribution >= 4 is 21.8 Å². The van der Waals surface area contributed by atoms with Crippen LogP contribution in [0.2, 0.25) is 0 Å². The molecule has 0 saturated carbocycles. The molecule has 1 aliphatic rings. The predicted octanol–water partition coefficient (Wildman–Crippen LogP) is 4.61. The number of hydrogen-bond donors (Lipinski definition) is 0. The molecule has 30 heavy (non-hydrogen) atoms. The summed E-state index contributed by atoms with van der Waals surface area (Å²) in [7, 11) is 0. The molecule has 0 aromatic heterocycles. The van der Waals surface area contributed by atoms with Crippen LogP contribution in [0.15, 0.2) is 34.8 Å². The summed E-state index contributed by atoms with van der Waals surface area (Å²) in [4.78, 5) is 14.9. The van der Waals surface area contributed by atoms with Crippen molar-refractivity contribution in [3.05, 3.63) is 45.9 Å². The van der Waals surface area contributed by atoms with Gasteiger partial charge in [0.05, 0.1) is 19.6 Å². The minimum absolute atomic E-state index is 0.0270. The quantitative estimate of drug-likeness (QED) is 0.527. The molecule has 0 atom stereocenters. The normalized spacial score (nSPS) is 12.4. The molecular formula is C23H28BrNO5. The fraction of sp³-hybridized carbons (Fsp3) is 0.435. The second-order valence-corrected chi connectivity index (χ2v) is 7.64. The number of para-hydroxylation sites is 1. The van der Waals surface area contributed by atoms with E-state index in [2.05, 4.69) is 15.9 Å². The number of halogens is 1. The van der Waals surface area contributed by atoms with Gasteiger partial charge in [-0.15, -0.1) is 0 Å². The van der Waals surface area contributed by atoms with Crippen LogP contribution in [0.5, 0.6) is 23.0 Å². The molecule has 0 saturated heterocycles. The summed E-state index contributed by atoms with van der Waals surface area (Å²) in [6, 6.07) is 9.54. The van der Waals surface area contributed by atoms with Crippen LogP contribution in [-0.4, -0.2) is 43.8 Å². The van der Waals surface area contributed by atoms with E-state index >= 15 is 0 Å². The Kier molecular flexibility index (Phi) is 7.85. The highest BCUT2D eigenvalue weighted by molar-refractivity contribution is 9.10. The first-order valence-corrected chi connectivity index (χ1v) is 11.1. The van der Waals surface area contributed by atoms with Crippen LogP contribution < -0.4 is 18.9 Å².